The summed E-state index contributed by atoms with van der Waals surface area (Å²) in [6.07, 6.45) is 2.68. The fourth-order valence-corrected chi connectivity index (χ4v) is 4.37. The van der Waals surface area contributed by atoms with Crippen molar-refractivity contribution >= 4 is 10.0 Å². The van der Waals surface area contributed by atoms with Crippen molar-refractivity contribution in [1.82, 2.24) is 9.62 Å². The fourth-order valence-electron chi connectivity index (χ4n) is 2.51. The third-order valence-electron chi connectivity index (χ3n) is 3.58. The largest absolute Gasteiger partial charge is 0.316 e. The number of benzene rings is 1. The number of nitrogens with one attached hydrogen (secondary N) is 1. The Hall–Kier alpha value is -0.910. The molecule has 2 rings (SSSR count). The molecule has 106 valence electrons. The molecule has 1 aliphatic rings. The lowest BCUT2D eigenvalue weighted by molar-refractivity contribution is 0.476. The topological polar surface area (TPSA) is 49.4 Å². The van der Waals surface area contributed by atoms with Crippen LogP contribution in [0.3, 0.4) is 0 Å². The highest BCUT2D eigenvalue weighted by molar-refractivity contribution is 7.89. The van der Waals surface area contributed by atoms with Crippen molar-refractivity contribution in [1.29, 1.82) is 0 Å². The van der Waals surface area contributed by atoms with E-state index in [2.05, 4.69) is 5.32 Å². The molecule has 1 fully saturated rings. The van der Waals surface area contributed by atoms with E-state index >= 15 is 0 Å². The van der Waals surface area contributed by atoms with E-state index in [1.54, 1.807) is 4.31 Å². The van der Waals surface area contributed by atoms with Gasteiger partial charge in [0.2, 0.25) is 10.0 Å². The van der Waals surface area contributed by atoms with Gasteiger partial charge in [0.25, 0.3) is 0 Å². The van der Waals surface area contributed by atoms with Gasteiger partial charge in [-0.25, -0.2) is 8.42 Å². The van der Waals surface area contributed by atoms with E-state index in [0.29, 0.717) is 24.5 Å². The summed E-state index contributed by atoms with van der Waals surface area (Å²) in [5.41, 5.74) is 1.92. The predicted octanol–water partition coefficient (Wildman–Crippen LogP) is 1.75. The molecule has 19 heavy (non-hydrogen) atoms. The standard InChI is InChI=1S/C14H22N2O2S/c1-3-13-7-6-12(11-15-2)10-14(13)19(17,18)16-8-4-5-9-16/h6-7,10,15H,3-5,8-9,11H2,1-2H3. The van der Waals surface area contributed by atoms with Gasteiger partial charge < -0.3 is 5.32 Å². The highest BCUT2D eigenvalue weighted by atomic mass is 32.2. The van der Waals surface area contributed by atoms with Gasteiger partial charge in [-0.05, 0) is 43.5 Å². The second kappa shape index (κ2) is 6.03. The highest BCUT2D eigenvalue weighted by Gasteiger charge is 2.28. The Balaban J connectivity index is 2.43. The summed E-state index contributed by atoms with van der Waals surface area (Å²) in [6, 6.07) is 5.76. The van der Waals surface area contributed by atoms with E-state index in [9.17, 15) is 8.42 Å². The summed E-state index contributed by atoms with van der Waals surface area (Å²) in [5.74, 6) is 0. The zero-order chi connectivity index (χ0) is 13.9. The maximum atomic E-state index is 12.7. The Morgan fingerprint density at radius 1 is 1.26 bits per heavy atom. The number of hydrogen-bond donors (Lipinski definition) is 1. The smallest absolute Gasteiger partial charge is 0.243 e. The molecular weight excluding hydrogens is 260 g/mol. The zero-order valence-corrected chi connectivity index (χ0v) is 12.5. The summed E-state index contributed by atoms with van der Waals surface area (Å²) in [7, 11) is -1.45. The lowest BCUT2D eigenvalue weighted by Crippen LogP contribution is -2.28. The van der Waals surface area contributed by atoms with Crippen LogP contribution in [-0.2, 0) is 23.0 Å². The van der Waals surface area contributed by atoms with Crippen LogP contribution in [-0.4, -0.2) is 32.9 Å². The molecule has 1 aromatic rings. The van der Waals surface area contributed by atoms with E-state index in [1.165, 1.54) is 0 Å². The molecular formula is C14H22N2O2S. The van der Waals surface area contributed by atoms with Crippen LogP contribution in [0, 0.1) is 0 Å². The Morgan fingerprint density at radius 3 is 2.53 bits per heavy atom. The molecule has 0 amide bonds. The summed E-state index contributed by atoms with van der Waals surface area (Å²) in [6.45, 7) is 3.99. The average molecular weight is 282 g/mol. The van der Waals surface area contributed by atoms with Gasteiger partial charge in [0.05, 0.1) is 4.90 Å². The number of sulfonamides is 1. The van der Waals surface area contributed by atoms with E-state index < -0.39 is 10.0 Å². The minimum Gasteiger partial charge on any atom is -0.316 e. The van der Waals surface area contributed by atoms with Gasteiger partial charge in [0.15, 0.2) is 0 Å². The molecule has 1 N–H and O–H groups in total. The van der Waals surface area contributed by atoms with E-state index in [4.69, 9.17) is 0 Å². The quantitative estimate of drug-likeness (QED) is 0.895. The maximum absolute atomic E-state index is 12.7. The number of hydrogen-bond acceptors (Lipinski definition) is 3. The molecule has 1 aliphatic heterocycles. The molecule has 1 saturated heterocycles. The van der Waals surface area contributed by atoms with Crippen LogP contribution < -0.4 is 5.32 Å². The molecule has 0 radical (unpaired) electrons. The predicted molar refractivity (Wildman–Crippen MR) is 76.6 cm³/mol. The molecule has 5 heteroatoms. The minimum absolute atomic E-state index is 0.490. The first-order valence-electron chi connectivity index (χ1n) is 6.86. The molecule has 0 unspecified atom stereocenters. The molecule has 4 nitrogen and oxygen atoms in total. The van der Waals surface area contributed by atoms with Crippen molar-refractivity contribution in [2.45, 2.75) is 37.6 Å². The van der Waals surface area contributed by atoms with Crippen LogP contribution in [0.4, 0.5) is 0 Å². The third-order valence-corrected chi connectivity index (χ3v) is 5.56. The first-order chi connectivity index (χ1) is 9.09. The Kier molecular flexibility index (Phi) is 4.60. The van der Waals surface area contributed by atoms with E-state index in [-0.39, 0.29) is 0 Å². The number of aryl methyl sites for hydroxylation is 1. The average Bonchev–Trinajstić information content (AvgIpc) is 2.93. The van der Waals surface area contributed by atoms with Gasteiger partial charge in [-0.3, -0.25) is 0 Å². The summed E-state index contributed by atoms with van der Waals surface area (Å²) < 4.78 is 27.0. The molecule has 0 spiro atoms. The third kappa shape index (κ3) is 2.99. The van der Waals surface area contributed by atoms with Gasteiger partial charge in [0.1, 0.15) is 0 Å². The molecule has 0 bridgehead atoms. The molecule has 0 saturated carbocycles. The number of nitrogens with zero attached hydrogens (tertiary/aromatic N) is 1. The lowest BCUT2D eigenvalue weighted by atomic mass is 10.1. The second-order valence-electron chi connectivity index (χ2n) is 4.94. The number of rotatable bonds is 5. The monoisotopic (exact) mass is 282 g/mol. The van der Waals surface area contributed by atoms with Crippen molar-refractivity contribution in [2.24, 2.45) is 0 Å². The van der Waals surface area contributed by atoms with Crippen molar-refractivity contribution in [3.63, 3.8) is 0 Å². The Labute approximate surface area is 115 Å². The van der Waals surface area contributed by atoms with Crippen LogP contribution >= 0.6 is 0 Å². The van der Waals surface area contributed by atoms with Crippen molar-refractivity contribution in [3.05, 3.63) is 29.3 Å². The van der Waals surface area contributed by atoms with Crippen LogP contribution in [0.2, 0.25) is 0 Å². The van der Waals surface area contributed by atoms with Crippen LogP contribution in [0.25, 0.3) is 0 Å². The van der Waals surface area contributed by atoms with Crippen molar-refractivity contribution in [2.75, 3.05) is 20.1 Å². The lowest BCUT2D eigenvalue weighted by Gasteiger charge is -2.18. The SMILES string of the molecule is CCc1ccc(CNC)cc1S(=O)(=O)N1CCCC1. The Morgan fingerprint density at radius 2 is 1.95 bits per heavy atom. The normalized spacial score (nSPS) is 16.9. The van der Waals surface area contributed by atoms with E-state index in [1.807, 2.05) is 32.2 Å². The van der Waals surface area contributed by atoms with Gasteiger partial charge in [-0.2, -0.15) is 4.31 Å². The van der Waals surface area contributed by atoms with Crippen LogP contribution in [0.15, 0.2) is 23.1 Å². The van der Waals surface area contributed by atoms with Crippen LogP contribution in [0.1, 0.15) is 30.9 Å². The van der Waals surface area contributed by atoms with Crippen LogP contribution in [0.5, 0.6) is 0 Å². The zero-order valence-electron chi connectivity index (χ0n) is 11.6. The molecule has 0 atom stereocenters. The van der Waals surface area contributed by atoms with Crippen molar-refractivity contribution < 1.29 is 8.42 Å². The minimum atomic E-state index is -3.32. The first kappa shape index (κ1) is 14.5. The molecule has 0 aromatic heterocycles. The summed E-state index contributed by atoms with van der Waals surface area (Å²) in [5, 5.41) is 3.06. The fraction of sp³-hybridized carbons (Fsp3) is 0.571. The second-order valence-corrected chi connectivity index (χ2v) is 6.84. The van der Waals surface area contributed by atoms with Gasteiger partial charge in [-0.1, -0.05) is 19.1 Å². The van der Waals surface area contributed by atoms with Crippen molar-refractivity contribution in [3.8, 4) is 0 Å². The van der Waals surface area contributed by atoms with Gasteiger partial charge >= 0.3 is 0 Å². The van der Waals surface area contributed by atoms with Gasteiger partial charge in [0, 0.05) is 19.6 Å². The van der Waals surface area contributed by atoms with E-state index in [0.717, 1.165) is 30.4 Å². The maximum Gasteiger partial charge on any atom is 0.243 e. The first-order valence-corrected chi connectivity index (χ1v) is 8.30. The molecule has 0 aliphatic carbocycles. The summed E-state index contributed by atoms with van der Waals surface area (Å²) >= 11 is 0. The highest BCUT2D eigenvalue weighted by Crippen LogP contribution is 2.25. The van der Waals surface area contributed by atoms with Gasteiger partial charge in [-0.15, -0.1) is 0 Å². The molecule has 1 aromatic carbocycles. The summed E-state index contributed by atoms with van der Waals surface area (Å²) in [4.78, 5) is 0.490. The Bertz CT molecular complexity index is 534. The molecule has 1 heterocycles.